The highest BCUT2D eigenvalue weighted by atomic mass is 16.5. The van der Waals surface area contributed by atoms with Gasteiger partial charge in [0, 0.05) is 29.7 Å². The maximum absolute atomic E-state index is 13.5. The number of hydrogen-bond acceptors (Lipinski definition) is 6. The molecule has 0 spiro atoms. The van der Waals surface area contributed by atoms with Gasteiger partial charge in [-0.2, -0.15) is 0 Å². The normalized spacial score (nSPS) is 17.1. The van der Waals surface area contributed by atoms with E-state index >= 15 is 0 Å². The summed E-state index contributed by atoms with van der Waals surface area (Å²) in [6.45, 7) is 8.22. The second-order valence-corrected chi connectivity index (χ2v) is 8.95. The van der Waals surface area contributed by atoms with Crippen LogP contribution < -0.4 is 14.4 Å². The van der Waals surface area contributed by atoms with Crippen LogP contribution >= 0.6 is 0 Å². The number of aryl methyl sites for hydroxylation is 1. The molecule has 3 aromatic rings. The summed E-state index contributed by atoms with van der Waals surface area (Å²) >= 11 is 0. The smallest absolute Gasteiger partial charge is 0.300 e. The largest absolute Gasteiger partial charge is 0.507 e. The minimum absolute atomic E-state index is 0.0118. The van der Waals surface area contributed by atoms with Crippen molar-refractivity contribution in [2.75, 3.05) is 18.6 Å². The van der Waals surface area contributed by atoms with E-state index in [1.807, 2.05) is 39.8 Å². The van der Waals surface area contributed by atoms with Gasteiger partial charge in [0.1, 0.15) is 17.3 Å². The number of hydrogen-bond donors (Lipinski definition) is 1. The molecule has 186 valence electrons. The van der Waals surface area contributed by atoms with Gasteiger partial charge in [0.25, 0.3) is 11.7 Å². The first kappa shape index (κ1) is 25.0. The van der Waals surface area contributed by atoms with Gasteiger partial charge in [0.05, 0.1) is 25.3 Å². The lowest BCUT2D eigenvalue weighted by Gasteiger charge is -2.25. The number of aromatic nitrogens is 1. The third-order valence-electron chi connectivity index (χ3n) is 6.31. The minimum atomic E-state index is -0.862. The first-order chi connectivity index (χ1) is 17.3. The van der Waals surface area contributed by atoms with Gasteiger partial charge < -0.3 is 14.6 Å². The average Bonchev–Trinajstić information content (AvgIpc) is 3.14. The molecular weight excluding hydrogens is 456 g/mol. The Morgan fingerprint density at radius 2 is 1.92 bits per heavy atom. The Morgan fingerprint density at radius 1 is 1.14 bits per heavy atom. The molecule has 0 bridgehead atoms. The van der Waals surface area contributed by atoms with Crippen molar-refractivity contribution >= 4 is 23.1 Å². The van der Waals surface area contributed by atoms with Gasteiger partial charge in [-0.3, -0.25) is 19.5 Å². The van der Waals surface area contributed by atoms with E-state index < -0.39 is 17.7 Å². The number of methoxy groups -OCH3 is 1. The Hall–Kier alpha value is -4.13. The van der Waals surface area contributed by atoms with Gasteiger partial charge in [-0.15, -0.1) is 0 Å². The van der Waals surface area contributed by atoms with Gasteiger partial charge in [0.2, 0.25) is 0 Å². The number of ketones is 1. The zero-order valence-corrected chi connectivity index (χ0v) is 21.1. The van der Waals surface area contributed by atoms with E-state index in [0.29, 0.717) is 34.9 Å². The van der Waals surface area contributed by atoms with Crippen molar-refractivity contribution in [3.8, 4) is 11.5 Å². The number of anilines is 1. The number of benzene rings is 2. The molecule has 2 aromatic carbocycles. The summed E-state index contributed by atoms with van der Waals surface area (Å²) in [5, 5.41) is 11.6. The number of rotatable bonds is 7. The van der Waals surface area contributed by atoms with Crippen molar-refractivity contribution in [1.82, 2.24) is 4.98 Å². The van der Waals surface area contributed by atoms with E-state index in [-0.39, 0.29) is 17.3 Å². The molecule has 1 fully saturated rings. The second kappa shape index (κ2) is 10.2. The number of ether oxygens (including phenoxy) is 2. The molecule has 0 saturated carbocycles. The van der Waals surface area contributed by atoms with Crippen LogP contribution in [-0.4, -0.2) is 35.5 Å². The number of nitrogens with zero attached hydrogens (tertiary/aromatic N) is 2. The molecular formula is C29H30N2O5. The Bertz CT molecular complexity index is 1330. The standard InChI is InChI=1S/C29H30N2O5/c1-6-36-21-11-7-10-20(14-21)31-26(19-9-8-12-30-16-19)25(28(33)29(31)34)27(32)23-15-22(17(2)3)24(35-5)13-18(23)4/h7-17,26,32H,6H2,1-5H3/b27-25+. The number of pyridine rings is 1. The molecule has 1 N–H and O–H groups in total. The van der Waals surface area contributed by atoms with E-state index in [1.165, 1.54) is 4.90 Å². The van der Waals surface area contributed by atoms with Crippen LogP contribution in [-0.2, 0) is 9.59 Å². The Kier molecular flexibility index (Phi) is 7.10. The molecule has 1 amide bonds. The van der Waals surface area contributed by atoms with Gasteiger partial charge in [-0.25, -0.2) is 0 Å². The summed E-state index contributed by atoms with van der Waals surface area (Å²) in [6.07, 6.45) is 3.22. The average molecular weight is 487 g/mol. The van der Waals surface area contributed by atoms with Crippen LogP contribution in [0.4, 0.5) is 5.69 Å². The maximum Gasteiger partial charge on any atom is 0.300 e. The molecule has 7 nitrogen and oxygen atoms in total. The van der Waals surface area contributed by atoms with E-state index in [0.717, 1.165) is 11.1 Å². The maximum atomic E-state index is 13.5. The fraction of sp³-hybridized carbons (Fsp3) is 0.276. The fourth-order valence-corrected chi connectivity index (χ4v) is 4.57. The van der Waals surface area contributed by atoms with Crippen LogP contribution in [0, 0.1) is 6.92 Å². The topological polar surface area (TPSA) is 89.0 Å². The Balaban J connectivity index is 1.95. The van der Waals surface area contributed by atoms with E-state index in [1.54, 1.807) is 55.9 Å². The molecule has 1 aliphatic rings. The number of aliphatic hydroxyl groups excluding tert-OH is 1. The molecule has 4 rings (SSSR count). The lowest BCUT2D eigenvalue weighted by Crippen LogP contribution is -2.29. The zero-order chi connectivity index (χ0) is 26.0. The van der Waals surface area contributed by atoms with Crippen LogP contribution in [0.2, 0.25) is 0 Å². The van der Waals surface area contributed by atoms with Crippen molar-refractivity contribution < 1.29 is 24.2 Å². The minimum Gasteiger partial charge on any atom is -0.507 e. The van der Waals surface area contributed by atoms with Crippen molar-refractivity contribution in [3.63, 3.8) is 0 Å². The SMILES string of the molecule is CCOc1cccc(N2C(=O)C(=O)/C(=C(/O)c3cc(C(C)C)c(OC)cc3C)C2c2cccnc2)c1. The Labute approximate surface area is 211 Å². The molecule has 1 saturated heterocycles. The second-order valence-electron chi connectivity index (χ2n) is 8.95. The molecule has 1 aliphatic heterocycles. The Morgan fingerprint density at radius 3 is 2.56 bits per heavy atom. The summed E-state index contributed by atoms with van der Waals surface area (Å²) in [4.78, 5) is 32.5. The van der Waals surface area contributed by atoms with Gasteiger partial charge in [-0.05, 0) is 66.8 Å². The summed E-state index contributed by atoms with van der Waals surface area (Å²) in [5.41, 5.74) is 3.21. The van der Waals surface area contributed by atoms with Crippen LogP contribution in [0.1, 0.15) is 55.0 Å². The highest BCUT2D eigenvalue weighted by Gasteiger charge is 2.47. The highest BCUT2D eigenvalue weighted by molar-refractivity contribution is 6.51. The fourth-order valence-electron chi connectivity index (χ4n) is 4.57. The molecule has 7 heteroatoms. The quantitative estimate of drug-likeness (QED) is 0.268. The van der Waals surface area contributed by atoms with Crippen LogP contribution in [0.25, 0.3) is 5.76 Å². The highest BCUT2D eigenvalue weighted by Crippen LogP contribution is 2.43. The molecule has 0 radical (unpaired) electrons. The first-order valence-electron chi connectivity index (χ1n) is 11.9. The molecule has 1 atom stereocenters. The van der Waals surface area contributed by atoms with Gasteiger partial charge in [0.15, 0.2) is 0 Å². The van der Waals surface area contributed by atoms with Gasteiger partial charge in [-0.1, -0.05) is 26.0 Å². The number of carbonyl (C=O) groups excluding carboxylic acids is 2. The summed E-state index contributed by atoms with van der Waals surface area (Å²) in [5.74, 6) is -0.318. The number of carbonyl (C=O) groups is 2. The van der Waals surface area contributed by atoms with E-state index in [4.69, 9.17) is 9.47 Å². The molecule has 1 aromatic heterocycles. The molecule has 0 aliphatic carbocycles. The van der Waals surface area contributed by atoms with Crippen molar-refractivity contribution in [2.24, 2.45) is 0 Å². The van der Waals surface area contributed by atoms with Crippen LogP contribution in [0.15, 0.2) is 66.5 Å². The lowest BCUT2D eigenvalue weighted by atomic mass is 9.91. The molecule has 36 heavy (non-hydrogen) atoms. The van der Waals surface area contributed by atoms with Gasteiger partial charge >= 0.3 is 0 Å². The van der Waals surface area contributed by atoms with Crippen LogP contribution in [0.3, 0.4) is 0 Å². The van der Waals surface area contributed by atoms with Crippen molar-refractivity contribution in [2.45, 2.75) is 39.7 Å². The lowest BCUT2D eigenvalue weighted by molar-refractivity contribution is -0.132. The predicted molar refractivity (Wildman–Crippen MR) is 138 cm³/mol. The monoisotopic (exact) mass is 486 g/mol. The predicted octanol–water partition coefficient (Wildman–Crippen LogP) is 5.55. The number of Topliss-reactive ketones (excluding diaryl/α,β-unsaturated/α-hetero) is 1. The summed E-state index contributed by atoms with van der Waals surface area (Å²) in [6, 6.07) is 13.3. The zero-order valence-electron chi connectivity index (χ0n) is 21.1. The van der Waals surface area contributed by atoms with Crippen molar-refractivity contribution in [1.29, 1.82) is 0 Å². The molecule has 2 heterocycles. The van der Waals surface area contributed by atoms with Crippen molar-refractivity contribution in [3.05, 3.63) is 88.8 Å². The number of aliphatic hydroxyl groups is 1. The summed E-state index contributed by atoms with van der Waals surface area (Å²) in [7, 11) is 1.60. The van der Waals surface area contributed by atoms with Crippen LogP contribution in [0.5, 0.6) is 11.5 Å². The van der Waals surface area contributed by atoms with E-state index in [9.17, 15) is 14.7 Å². The third kappa shape index (κ3) is 4.44. The summed E-state index contributed by atoms with van der Waals surface area (Å²) < 4.78 is 11.2. The van der Waals surface area contributed by atoms with E-state index in [2.05, 4.69) is 4.98 Å². The first-order valence-corrected chi connectivity index (χ1v) is 11.9. The molecule has 1 unspecified atom stereocenters. The third-order valence-corrected chi connectivity index (χ3v) is 6.31. The number of amides is 1.